The lowest BCUT2D eigenvalue weighted by Crippen LogP contribution is -2.28. The summed E-state index contributed by atoms with van der Waals surface area (Å²) in [4.78, 5) is 19.1. The summed E-state index contributed by atoms with van der Waals surface area (Å²) >= 11 is 6.06. The zero-order valence-electron chi connectivity index (χ0n) is 12.7. The molecule has 4 rings (SSSR count). The average molecular weight is 356 g/mol. The number of aromatic nitrogens is 2. The summed E-state index contributed by atoms with van der Waals surface area (Å²) in [5, 5.41) is 0.500. The van der Waals surface area contributed by atoms with Gasteiger partial charge in [-0.3, -0.25) is 4.90 Å². The van der Waals surface area contributed by atoms with Crippen molar-refractivity contribution in [3.8, 4) is 0 Å². The molecule has 2 fully saturated rings. The van der Waals surface area contributed by atoms with Crippen molar-refractivity contribution >= 4 is 35.6 Å². The van der Waals surface area contributed by atoms with E-state index in [4.69, 9.17) is 16.3 Å². The molecule has 23 heavy (non-hydrogen) atoms. The van der Waals surface area contributed by atoms with Crippen LogP contribution in [0.5, 0.6) is 0 Å². The SMILES string of the molecule is Cl.O=C(OC[C@@H]1CCN2CCC[C@@H]12)c1cc(Cl)cn2ccnc12. The molecule has 0 aliphatic carbocycles. The molecule has 0 radical (unpaired) electrons. The Morgan fingerprint density at radius 1 is 1.39 bits per heavy atom. The summed E-state index contributed by atoms with van der Waals surface area (Å²) in [7, 11) is 0. The predicted molar refractivity (Wildman–Crippen MR) is 90.4 cm³/mol. The van der Waals surface area contributed by atoms with E-state index in [0.29, 0.717) is 34.8 Å². The summed E-state index contributed by atoms with van der Waals surface area (Å²) < 4.78 is 7.32. The fraction of sp³-hybridized carbons (Fsp3) is 0.500. The highest BCUT2D eigenvalue weighted by Gasteiger charge is 2.37. The molecular weight excluding hydrogens is 337 g/mol. The molecule has 2 aromatic heterocycles. The second-order valence-corrected chi connectivity index (χ2v) is 6.56. The van der Waals surface area contributed by atoms with Crippen LogP contribution in [0.25, 0.3) is 5.65 Å². The Bertz CT molecular complexity index is 718. The smallest absolute Gasteiger partial charge is 0.342 e. The molecule has 5 nitrogen and oxygen atoms in total. The fourth-order valence-electron chi connectivity index (χ4n) is 3.79. The lowest BCUT2D eigenvalue weighted by atomic mass is 9.99. The van der Waals surface area contributed by atoms with Crippen molar-refractivity contribution in [2.75, 3.05) is 19.7 Å². The van der Waals surface area contributed by atoms with Gasteiger partial charge in [-0.05, 0) is 38.4 Å². The van der Waals surface area contributed by atoms with Crippen LogP contribution >= 0.6 is 24.0 Å². The zero-order valence-corrected chi connectivity index (χ0v) is 14.2. The average Bonchev–Trinajstić information content (AvgIpc) is 3.20. The van der Waals surface area contributed by atoms with Crippen LogP contribution in [0.1, 0.15) is 29.6 Å². The molecule has 2 atom stereocenters. The van der Waals surface area contributed by atoms with Crippen LogP contribution in [0.4, 0.5) is 0 Å². The first-order valence-electron chi connectivity index (χ1n) is 7.76. The third kappa shape index (κ3) is 3.05. The van der Waals surface area contributed by atoms with E-state index in [1.807, 2.05) is 0 Å². The van der Waals surface area contributed by atoms with Gasteiger partial charge in [-0.2, -0.15) is 0 Å². The van der Waals surface area contributed by atoms with Crippen LogP contribution in [-0.4, -0.2) is 46.0 Å². The first-order valence-corrected chi connectivity index (χ1v) is 8.13. The number of esters is 1. The van der Waals surface area contributed by atoms with Crippen molar-refractivity contribution in [1.82, 2.24) is 14.3 Å². The van der Waals surface area contributed by atoms with Gasteiger partial charge >= 0.3 is 5.97 Å². The lowest BCUT2D eigenvalue weighted by molar-refractivity contribution is 0.0420. The van der Waals surface area contributed by atoms with Crippen molar-refractivity contribution in [2.45, 2.75) is 25.3 Å². The fourth-order valence-corrected chi connectivity index (χ4v) is 4.01. The number of hydrogen-bond donors (Lipinski definition) is 0. The Kier molecular flexibility index (Phi) is 4.80. The maximum Gasteiger partial charge on any atom is 0.342 e. The van der Waals surface area contributed by atoms with Crippen LogP contribution in [0.2, 0.25) is 5.02 Å². The molecule has 0 aromatic carbocycles. The number of carbonyl (C=O) groups is 1. The van der Waals surface area contributed by atoms with E-state index < -0.39 is 0 Å². The molecule has 2 aliphatic heterocycles. The molecule has 124 valence electrons. The second-order valence-electron chi connectivity index (χ2n) is 6.12. The number of nitrogens with zero attached hydrogens (tertiary/aromatic N) is 3. The molecule has 2 aliphatic rings. The molecule has 0 amide bonds. The van der Waals surface area contributed by atoms with Gasteiger partial charge in [0.2, 0.25) is 0 Å². The molecule has 0 saturated carbocycles. The molecular formula is C16H19Cl2N3O2. The first kappa shape index (κ1) is 16.6. The minimum Gasteiger partial charge on any atom is -0.462 e. The number of ether oxygens (including phenoxy) is 1. The predicted octanol–water partition coefficient (Wildman–Crippen LogP) is 3.05. The third-order valence-electron chi connectivity index (χ3n) is 4.85. The molecule has 0 unspecified atom stereocenters. The maximum atomic E-state index is 12.4. The van der Waals surface area contributed by atoms with Gasteiger partial charge in [-0.15, -0.1) is 12.4 Å². The minimum atomic E-state index is -0.338. The van der Waals surface area contributed by atoms with Crippen molar-refractivity contribution in [1.29, 1.82) is 0 Å². The van der Waals surface area contributed by atoms with Crippen molar-refractivity contribution in [3.05, 3.63) is 35.2 Å². The van der Waals surface area contributed by atoms with Crippen LogP contribution in [-0.2, 0) is 4.74 Å². The summed E-state index contributed by atoms with van der Waals surface area (Å²) in [6.45, 7) is 2.81. The van der Waals surface area contributed by atoms with Gasteiger partial charge in [-0.25, -0.2) is 9.78 Å². The van der Waals surface area contributed by atoms with E-state index in [2.05, 4.69) is 9.88 Å². The summed E-state index contributed by atoms with van der Waals surface area (Å²) in [6.07, 6.45) is 8.75. The van der Waals surface area contributed by atoms with E-state index in [0.717, 1.165) is 13.0 Å². The molecule has 0 N–H and O–H groups in total. The van der Waals surface area contributed by atoms with Gasteiger partial charge in [0.05, 0.1) is 11.6 Å². The molecule has 7 heteroatoms. The number of hydrogen-bond acceptors (Lipinski definition) is 4. The van der Waals surface area contributed by atoms with Crippen molar-refractivity contribution in [2.24, 2.45) is 5.92 Å². The molecule has 2 aromatic rings. The minimum absolute atomic E-state index is 0. The quantitative estimate of drug-likeness (QED) is 0.793. The standard InChI is InChI=1S/C16H18ClN3O2.ClH/c17-12-8-13(15-18-4-7-20(15)9-12)16(21)22-10-11-3-6-19-5-1-2-14(11)19;/h4,7-9,11,14H,1-3,5-6,10H2;1H/t11-,14-;/m0./s1. The topological polar surface area (TPSA) is 46.8 Å². The van der Waals surface area contributed by atoms with Crippen LogP contribution in [0.15, 0.2) is 24.7 Å². The highest BCUT2D eigenvalue weighted by Crippen LogP contribution is 2.33. The number of imidazole rings is 1. The Labute approximate surface area is 146 Å². The number of halogens is 2. The monoisotopic (exact) mass is 355 g/mol. The van der Waals surface area contributed by atoms with Crippen LogP contribution < -0.4 is 0 Å². The van der Waals surface area contributed by atoms with E-state index in [-0.39, 0.29) is 18.4 Å². The first-order chi connectivity index (χ1) is 10.7. The number of carbonyl (C=O) groups excluding carboxylic acids is 1. The highest BCUT2D eigenvalue weighted by molar-refractivity contribution is 6.31. The summed E-state index contributed by atoms with van der Waals surface area (Å²) in [5.74, 6) is 0.122. The normalized spacial score (nSPS) is 23.7. The molecule has 0 bridgehead atoms. The Balaban J connectivity index is 0.00000156. The van der Waals surface area contributed by atoms with Gasteiger partial charge in [0.1, 0.15) is 5.56 Å². The molecule has 4 heterocycles. The molecule has 0 spiro atoms. The summed E-state index contributed by atoms with van der Waals surface area (Å²) in [5.41, 5.74) is 1.02. The lowest BCUT2D eigenvalue weighted by Gasteiger charge is -2.20. The van der Waals surface area contributed by atoms with Gasteiger partial charge in [0.15, 0.2) is 5.65 Å². The maximum absolute atomic E-state index is 12.4. The number of pyridine rings is 1. The van der Waals surface area contributed by atoms with Gasteiger partial charge < -0.3 is 9.14 Å². The van der Waals surface area contributed by atoms with E-state index in [1.165, 1.54) is 19.4 Å². The highest BCUT2D eigenvalue weighted by atomic mass is 35.5. The Morgan fingerprint density at radius 3 is 3.13 bits per heavy atom. The second kappa shape index (κ2) is 6.67. The van der Waals surface area contributed by atoms with E-state index >= 15 is 0 Å². The van der Waals surface area contributed by atoms with Crippen molar-refractivity contribution < 1.29 is 9.53 Å². The number of fused-ring (bicyclic) bond motifs is 2. The van der Waals surface area contributed by atoms with Crippen LogP contribution in [0, 0.1) is 5.92 Å². The third-order valence-corrected chi connectivity index (χ3v) is 5.05. The number of rotatable bonds is 3. The van der Waals surface area contributed by atoms with Crippen LogP contribution in [0.3, 0.4) is 0 Å². The summed E-state index contributed by atoms with van der Waals surface area (Å²) in [6, 6.07) is 2.22. The van der Waals surface area contributed by atoms with Gasteiger partial charge in [0.25, 0.3) is 0 Å². The van der Waals surface area contributed by atoms with Gasteiger partial charge in [-0.1, -0.05) is 11.6 Å². The largest absolute Gasteiger partial charge is 0.462 e. The van der Waals surface area contributed by atoms with E-state index in [9.17, 15) is 4.79 Å². The molecule has 2 saturated heterocycles. The Hall–Kier alpha value is -1.30. The van der Waals surface area contributed by atoms with Crippen molar-refractivity contribution in [3.63, 3.8) is 0 Å². The zero-order chi connectivity index (χ0) is 15.1. The van der Waals surface area contributed by atoms with Gasteiger partial charge in [0, 0.05) is 30.6 Å². The Morgan fingerprint density at radius 2 is 2.26 bits per heavy atom. The van der Waals surface area contributed by atoms with E-state index in [1.54, 1.807) is 29.1 Å².